The number of hydrogen-bond acceptors (Lipinski definition) is 3. The van der Waals surface area contributed by atoms with E-state index in [2.05, 4.69) is 10.6 Å². The quantitative estimate of drug-likeness (QED) is 0.586. The smallest absolute Gasteiger partial charge is 0.239 e. The number of hydrogen-bond donors (Lipinski definition) is 2. The zero-order valence-corrected chi connectivity index (χ0v) is 15.0. The standard InChI is InChI=1S/C19H19F3N2O3/c1-4-27-12-7-5-11(6-8-12)23-17(25)19(2,3)18(26)24-14-10-9-13(20)15(21)16(14)22/h5-10H,4H2,1-3H3,(H,23,25)(H,24,26). The van der Waals surface area contributed by atoms with Crippen molar-refractivity contribution in [2.45, 2.75) is 20.8 Å². The lowest BCUT2D eigenvalue weighted by molar-refractivity contribution is -0.135. The van der Waals surface area contributed by atoms with Crippen LogP contribution in [0.3, 0.4) is 0 Å². The van der Waals surface area contributed by atoms with Gasteiger partial charge in [-0.05, 0) is 57.2 Å². The lowest BCUT2D eigenvalue weighted by Gasteiger charge is -2.23. The molecule has 0 aliphatic rings. The van der Waals surface area contributed by atoms with E-state index >= 15 is 0 Å². The first kappa shape index (κ1) is 20.3. The van der Waals surface area contributed by atoms with Crippen LogP contribution in [-0.4, -0.2) is 18.4 Å². The van der Waals surface area contributed by atoms with Crippen molar-refractivity contribution in [3.8, 4) is 5.75 Å². The van der Waals surface area contributed by atoms with Gasteiger partial charge in [-0.3, -0.25) is 9.59 Å². The van der Waals surface area contributed by atoms with Crippen molar-refractivity contribution in [3.63, 3.8) is 0 Å². The SMILES string of the molecule is CCOc1ccc(NC(=O)C(C)(C)C(=O)Nc2ccc(F)c(F)c2F)cc1. The van der Waals surface area contributed by atoms with Gasteiger partial charge in [-0.2, -0.15) is 0 Å². The monoisotopic (exact) mass is 380 g/mol. The maximum absolute atomic E-state index is 13.7. The maximum atomic E-state index is 13.7. The van der Waals surface area contributed by atoms with Gasteiger partial charge in [0.25, 0.3) is 0 Å². The lowest BCUT2D eigenvalue weighted by atomic mass is 9.90. The van der Waals surface area contributed by atoms with E-state index in [1.165, 1.54) is 13.8 Å². The van der Waals surface area contributed by atoms with Gasteiger partial charge in [0.2, 0.25) is 11.8 Å². The van der Waals surface area contributed by atoms with Crippen molar-refractivity contribution in [2.24, 2.45) is 5.41 Å². The normalized spacial score (nSPS) is 11.0. The van der Waals surface area contributed by atoms with Crippen molar-refractivity contribution in [1.29, 1.82) is 0 Å². The Morgan fingerprint density at radius 3 is 2.11 bits per heavy atom. The molecule has 0 radical (unpaired) electrons. The highest BCUT2D eigenvalue weighted by Gasteiger charge is 2.36. The zero-order chi connectivity index (χ0) is 20.2. The zero-order valence-electron chi connectivity index (χ0n) is 15.0. The van der Waals surface area contributed by atoms with Crippen LogP contribution in [0.25, 0.3) is 0 Å². The van der Waals surface area contributed by atoms with Crippen molar-refractivity contribution in [2.75, 3.05) is 17.2 Å². The van der Waals surface area contributed by atoms with E-state index in [9.17, 15) is 22.8 Å². The molecule has 0 saturated heterocycles. The summed E-state index contributed by atoms with van der Waals surface area (Å²) >= 11 is 0. The Balaban J connectivity index is 2.10. The van der Waals surface area contributed by atoms with Crippen LogP contribution in [-0.2, 0) is 9.59 Å². The highest BCUT2D eigenvalue weighted by atomic mass is 19.2. The Morgan fingerprint density at radius 1 is 0.926 bits per heavy atom. The Kier molecular flexibility index (Phi) is 6.09. The molecular weight excluding hydrogens is 361 g/mol. The molecule has 0 aliphatic heterocycles. The predicted molar refractivity (Wildman–Crippen MR) is 95.0 cm³/mol. The second-order valence-electron chi connectivity index (χ2n) is 6.21. The van der Waals surface area contributed by atoms with Crippen LogP contribution in [0.4, 0.5) is 24.5 Å². The third-order valence-corrected chi connectivity index (χ3v) is 3.84. The Morgan fingerprint density at radius 2 is 1.52 bits per heavy atom. The van der Waals surface area contributed by atoms with Gasteiger partial charge < -0.3 is 15.4 Å². The first-order chi connectivity index (χ1) is 12.7. The molecule has 0 aliphatic carbocycles. The van der Waals surface area contributed by atoms with Crippen LogP contribution in [0, 0.1) is 22.9 Å². The Hall–Kier alpha value is -3.03. The summed E-state index contributed by atoms with van der Waals surface area (Å²) in [6.45, 7) is 4.99. The molecule has 2 aromatic rings. The van der Waals surface area contributed by atoms with Gasteiger partial charge in [0.1, 0.15) is 11.2 Å². The Labute approximate surface area is 154 Å². The van der Waals surface area contributed by atoms with Crippen molar-refractivity contribution in [3.05, 3.63) is 53.8 Å². The number of benzene rings is 2. The summed E-state index contributed by atoms with van der Waals surface area (Å²) in [5.74, 6) is -5.53. The molecule has 2 N–H and O–H groups in total. The summed E-state index contributed by atoms with van der Waals surface area (Å²) in [7, 11) is 0. The number of nitrogens with one attached hydrogen (secondary N) is 2. The third-order valence-electron chi connectivity index (χ3n) is 3.84. The van der Waals surface area contributed by atoms with Gasteiger partial charge in [-0.15, -0.1) is 0 Å². The number of amides is 2. The molecule has 0 aromatic heterocycles. The van der Waals surface area contributed by atoms with Gasteiger partial charge in [-0.1, -0.05) is 0 Å². The van der Waals surface area contributed by atoms with Gasteiger partial charge in [0.15, 0.2) is 17.5 Å². The second kappa shape index (κ2) is 8.11. The number of carbonyl (C=O) groups is 2. The molecule has 2 rings (SSSR count). The minimum absolute atomic E-state index is 0.434. The van der Waals surface area contributed by atoms with E-state index in [1.54, 1.807) is 24.3 Å². The molecule has 0 bridgehead atoms. The fourth-order valence-corrected chi connectivity index (χ4v) is 2.09. The minimum atomic E-state index is -1.70. The van der Waals surface area contributed by atoms with Crippen molar-refractivity contribution in [1.82, 2.24) is 0 Å². The molecule has 8 heteroatoms. The highest BCUT2D eigenvalue weighted by Crippen LogP contribution is 2.25. The second-order valence-corrected chi connectivity index (χ2v) is 6.21. The first-order valence-electron chi connectivity index (χ1n) is 8.16. The van der Waals surface area contributed by atoms with Crippen LogP contribution < -0.4 is 15.4 Å². The molecule has 0 spiro atoms. The van der Waals surface area contributed by atoms with E-state index in [0.29, 0.717) is 24.1 Å². The molecule has 27 heavy (non-hydrogen) atoms. The van der Waals surface area contributed by atoms with E-state index in [1.807, 2.05) is 6.92 Å². The molecule has 0 fully saturated rings. The summed E-state index contributed by atoms with van der Waals surface area (Å²) in [5.41, 5.74) is -1.74. The van der Waals surface area contributed by atoms with Crippen molar-refractivity contribution >= 4 is 23.2 Å². The number of carbonyl (C=O) groups excluding carboxylic acids is 2. The summed E-state index contributed by atoms with van der Waals surface area (Å²) in [6, 6.07) is 8.08. The van der Waals surface area contributed by atoms with Gasteiger partial charge in [0, 0.05) is 5.69 Å². The van der Waals surface area contributed by atoms with Gasteiger partial charge >= 0.3 is 0 Å². The Bertz CT molecular complexity index is 852. The van der Waals surface area contributed by atoms with Crippen LogP contribution in [0.15, 0.2) is 36.4 Å². The molecule has 0 heterocycles. The summed E-state index contributed by atoms with van der Waals surface area (Å²) < 4.78 is 45.3. The van der Waals surface area contributed by atoms with Crippen molar-refractivity contribution < 1.29 is 27.5 Å². The maximum Gasteiger partial charge on any atom is 0.239 e. The molecule has 144 valence electrons. The lowest BCUT2D eigenvalue weighted by Crippen LogP contribution is -2.41. The predicted octanol–water partition coefficient (Wildman–Crippen LogP) is 4.11. The molecule has 2 aromatic carbocycles. The number of halogens is 3. The fraction of sp³-hybridized carbons (Fsp3) is 0.263. The topological polar surface area (TPSA) is 67.4 Å². The van der Waals surface area contributed by atoms with E-state index in [4.69, 9.17) is 4.74 Å². The van der Waals surface area contributed by atoms with E-state index < -0.39 is 40.4 Å². The van der Waals surface area contributed by atoms with Gasteiger partial charge in [-0.25, -0.2) is 13.2 Å². The van der Waals surface area contributed by atoms with Crippen LogP contribution in [0.2, 0.25) is 0 Å². The molecule has 0 saturated carbocycles. The first-order valence-corrected chi connectivity index (χ1v) is 8.16. The van der Waals surface area contributed by atoms with E-state index in [0.717, 1.165) is 6.07 Å². The van der Waals surface area contributed by atoms with Crippen LogP contribution >= 0.6 is 0 Å². The fourth-order valence-electron chi connectivity index (χ4n) is 2.09. The minimum Gasteiger partial charge on any atom is -0.494 e. The number of rotatable bonds is 6. The number of ether oxygens (including phenoxy) is 1. The molecular formula is C19H19F3N2O3. The molecule has 0 atom stereocenters. The summed E-state index contributed by atoms with van der Waals surface area (Å²) in [6.07, 6.45) is 0. The number of anilines is 2. The summed E-state index contributed by atoms with van der Waals surface area (Å²) in [4.78, 5) is 24.8. The van der Waals surface area contributed by atoms with Gasteiger partial charge in [0.05, 0.1) is 12.3 Å². The molecule has 5 nitrogen and oxygen atoms in total. The molecule has 0 unspecified atom stereocenters. The summed E-state index contributed by atoms with van der Waals surface area (Å²) in [5, 5.41) is 4.68. The molecule has 2 amide bonds. The third kappa shape index (κ3) is 4.58. The van der Waals surface area contributed by atoms with E-state index in [-0.39, 0.29) is 0 Å². The van der Waals surface area contributed by atoms with Crippen LogP contribution in [0.5, 0.6) is 5.75 Å². The largest absolute Gasteiger partial charge is 0.494 e. The van der Waals surface area contributed by atoms with Crippen LogP contribution in [0.1, 0.15) is 20.8 Å². The average molecular weight is 380 g/mol. The highest BCUT2D eigenvalue weighted by molar-refractivity contribution is 6.14. The average Bonchev–Trinajstić information content (AvgIpc) is 2.63.